The smallest absolute Gasteiger partial charge is 0.255 e. The van der Waals surface area contributed by atoms with E-state index in [-0.39, 0.29) is 22.8 Å². The van der Waals surface area contributed by atoms with Gasteiger partial charge in [-0.1, -0.05) is 26.3 Å². The number of nitrogens with zero attached hydrogens (tertiary/aromatic N) is 2. The normalized spacial score (nSPS) is 16.2. The molecule has 0 unspecified atom stereocenters. The molecule has 2 rings (SSSR count). The van der Waals surface area contributed by atoms with Crippen LogP contribution >= 0.6 is 0 Å². The molecule has 0 radical (unpaired) electrons. The van der Waals surface area contributed by atoms with Crippen LogP contribution in [0.1, 0.15) is 38.1 Å². The summed E-state index contributed by atoms with van der Waals surface area (Å²) in [5, 5.41) is 0. The van der Waals surface area contributed by atoms with Crippen LogP contribution < -0.4 is 5.56 Å². The molecule has 0 bridgehead atoms. The Morgan fingerprint density at radius 1 is 1.08 bits per heavy atom. The van der Waals surface area contributed by atoms with Gasteiger partial charge in [-0.05, 0) is 18.4 Å². The van der Waals surface area contributed by atoms with Gasteiger partial charge in [-0.3, -0.25) is 14.4 Å². The van der Waals surface area contributed by atoms with E-state index in [2.05, 4.69) is 25.8 Å². The van der Waals surface area contributed by atoms with Crippen molar-refractivity contribution >= 4 is 11.8 Å². The number of aromatic amines is 1. The van der Waals surface area contributed by atoms with E-state index in [0.717, 1.165) is 5.57 Å². The molecular weight excluding hydrogens is 306 g/mol. The quantitative estimate of drug-likeness (QED) is 0.838. The Morgan fingerprint density at radius 3 is 2.17 bits per heavy atom. The number of hydrogen-bond acceptors (Lipinski definition) is 3. The molecule has 6 nitrogen and oxygen atoms in total. The average Bonchev–Trinajstić information content (AvgIpc) is 2.54. The minimum absolute atomic E-state index is 0.00133. The zero-order valence-electron chi connectivity index (χ0n) is 14.8. The van der Waals surface area contributed by atoms with Gasteiger partial charge < -0.3 is 14.8 Å². The van der Waals surface area contributed by atoms with E-state index in [4.69, 9.17) is 0 Å². The second-order valence-electron chi connectivity index (χ2n) is 7.14. The van der Waals surface area contributed by atoms with E-state index in [1.807, 2.05) is 6.92 Å². The summed E-state index contributed by atoms with van der Waals surface area (Å²) in [6, 6.07) is 2.86. The lowest BCUT2D eigenvalue weighted by Gasteiger charge is -2.34. The molecule has 0 aliphatic carbocycles. The number of allylic oxidation sites excluding steroid dienone is 1. The third kappa shape index (κ3) is 4.34. The Morgan fingerprint density at radius 2 is 1.67 bits per heavy atom. The molecule has 24 heavy (non-hydrogen) atoms. The lowest BCUT2D eigenvalue weighted by Crippen LogP contribution is -2.50. The number of carbonyl (C=O) groups is 2. The third-order valence-electron chi connectivity index (χ3n) is 4.43. The fraction of sp³-hybridized carbons (Fsp3) is 0.500. The number of amides is 2. The lowest BCUT2D eigenvalue weighted by atomic mass is 9.87. The Kier molecular flexibility index (Phi) is 5.26. The lowest BCUT2D eigenvalue weighted by molar-refractivity contribution is -0.127. The zero-order valence-corrected chi connectivity index (χ0v) is 14.8. The second-order valence-corrected chi connectivity index (χ2v) is 7.14. The number of hydrogen-bond donors (Lipinski definition) is 1. The summed E-state index contributed by atoms with van der Waals surface area (Å²) in [5.74, 6) is -0.127. The number of carbonyl (C=O) groups excluding carboxylic acids is 2. The number of aromatic nitrogens is 1. The highest BCUT2D eigenvalue weighted by atomic mass is 16.2. The summed E-state index contributed by atoms with van der Waals surface area (Å²) in [7, 11) is 0. The SMILES string of the molecule is C/C(=C\C(=O)N1CCN(C(=O)c2ccc(=O)[nH]c2)CC1)C(C)(C)C. The number of piperazine rings is 1. The fourth-order valence-corrected chi connectivity index (χ4v) is 2.35. The molecule has 1 aliphatic heterocycles. The second kappa shape index (κ2) is 7.03. The largest absolute Gasteiger partial charge is 0.336 e. The molecule has 0 saturated carbocycles. The molecule has 1 N–H and O–H groups in total. The van der Waals surface area contributed by atoms with Gasteiger partial charge in [-0.15, -0.1) is 0 Å². The molecule has 2 amide bonds. The Hall–Kier alpha value is -2.37. The van der Waals surface area contributed by atoms with Crippen LogP contribution in [0.3, 0.4) is 0 Å². The van der Waals surface area contributed by atoms with Crippen molar-refractivity contribution in [3.05, 3.63) is 45.9 Å². The fourth-order valence-electron chi connectivity index (χ4n) is 2.35. The van der Waals surface area contributed by atoms with Crippen LogP contribution in [-0.2, 0) is 4.79 Å². The van der Waals surface area contributed by atoms with Crippen molar-refractivity contribution in [2.75, 3.05) is 26.2 Å². The third-order valence-corrected chi connectivity index (χ3v) is 4.43. The van der Waals surface area contributed by atoms with E-state index in [9.17, 15) is 14.4 Å². The monoisotopic (exact) mass is 331 g/mol. The van der Waals surface area contributed by atoms with Gasteiger partial charge in [-0.25, -0.2) is 0 Å². The van der Waals surface area contributed by atoms with Gasteiger partial charge in [-0.2, -0.15) is 0 Å². The predicted octanol–water partition coefficient (Wildman–Crippen LogP) is 1.65. The first kappa shape index (κ1) is 18.0. The highest BCUT2D eigenvalue weighted by molar-refractivity contribution is 5.94. The van der Waals surface area contributed by atoms with Crippen LogP contribution in [0, 0.1) is 5.41 Å². The van der Waals surface area contributed by atoms with E-state index >= 15 is 0 Å². The number of pyridine rings is 1. The molecule has 0 aromatic carbocycles. The Balaban J connectivity index is 1.96. The first-order valence-electron chi connectivity index (χ1n) is 8.14. The Labute approximate surface area is 142 Å². The first-order chi connectivity index (χ1) is 11.2. The summed E-state index contributed by atoms with van der Waals surface area (Å²) >= 11 is 0. The van der Waals surface area contributed by atoms with Gasteiger partial charge in [0.15, 0.2) is 0 Å². The summed E-state index contributed by atoms with van der Waals surface area (Å²) in [4.78, 5) is 41.8. The van der Waals surface area contributed by atoms with Crippen LogP contribution in [0.2, 0.25) is 0 Å². The standard InChI is InChI=1S/C18H25N3O3/c1-13(18(2,3)4)11-16(23)20-7-9-21(10-8-20)17(24)14-5-6-15(22)19-12-14/h5-6,11-12H,7-10H2,1-4H3,(H,19,22)/b13-11+. The molecule has 6 heteroatoms. The maximum Gasteiger partial charge on any atom is 0.255 e. The summed E-state index contributed by atoms with van der Waals surface area (Å²) < 4.78 is 0. The molecule has 1 fully saturated rings. The van der Waals surface area contributed by atoms with Crippen LogP contribution in [0.4, 0.5) is 0 Å². The minimum Gasteiger partial charge on any atom is -0.336 e. The van der Waals surface area contributed by atoms with Crippen LogP contribution in [0.15, 0.2) is 34.8 Å². The molecular formula is C18H25N3O3. The van der Waals surface area contributed by atoms with Gasteiger partial charge in [0.25, 0.3) is 5.91 Å². The highest BCUT2D eigenvalue weighted by Gasteiger charge is 2.25. The van der Waals surface area contributed by atoms with Gasteiger partial charge in [0.1, 0.15) is 0 Å². The van der Waals surface area contributed by atoms with Crippen molar-refractivity contribution in [3.8, 4) is 0 Å². The van der Waals surface area contributed by atoms with Gasteiger partial charge >= 0.3 is 0 Å². The first-order valence-corrected chi connectivity index (χ1v) is 8.14. The Bertz CT molecular complexity index is 684. The number of H-pyrrole nitrogens is 1. The maximum atomic E-state index is 12.4. The van der Waals surface area contributed by atoms with Crippen LogP contribution in [0.5, 0.6) is 0 Å². The minimum atomic E-state index is -0.233. The molecule has 2 heterocycles. The summed E-state index contributed by atoms with van der Waals surface area (Å²) in [6.07, 6.45) is 3.12. The predicted molar refractivity (Wildman–Crippen MR) is 92.8 cm³/mol. The molecule has 1 saturated heterocycles. The van der Waals surface area contributed by atoms with Gasteiger partial charge in [0.2, 0.25) is 11.5 Å². The van der Waals surface area contributed by atoms with Crippen molar-refractivity contribution in [2.24, 2.45) is 5.41 Å². The van der Waals surface area contributed by atoms with Crippen molar-refractivity contribution in [1.82, 2.24) is 14.8 Å². The molecule has 1 aliphatic rings. The summed E-state index contributed by atoms with van der Waals surface area (Å²) in [6.45, 7) is 10.2. The van der Waals surface area contributed by atoms with Crippen molar-refractivity contribution in [2.45, 2.75) is 27.7 Å². The average molecular weight is 331 g/mol. The zero-order chi connectivity index (χ0) is 17.9. The van der Waals surface area contributed by atoms with E-state index in [1.54, 1.807) is 15.9 Å². The molecule has 0 spiro atoms. The van der Waals surface area contributed by atoms with Crippen molar-refractivity contribution in [3.63, 3.8) is 0 Å². The number of rotatable bonds is 2. The van der Waals surface area contributed by atoms with Crippen LogP contribution in [0.25, 0.3) is 0 Å². The van der Waals surface area contributed by atoms with E-state index in [0.29, 0.717) is 31.7 Å². The van der Waals surface area contributed by atoms with Crippen molar-refractivity contribution in [1.29, 1.82) is 0 Å². The molecule has 130 valence electrons. The van der Waals surface area contributed by atoms with Gasteiger partial charge in [0.05, 0.1) is 5.56 Å². The topological polar surface area (TPSA) is 73.5 Å². The van der Waals surface area contributed by atoms with E-state index < -0.39 is 0 Å². The summed E-state index contributed by atoms with van der Waals surface area (Å²) in [5.41, 5.74) is 1.23. The highest BCUT2D eigenvalue weighted by Crippen LogP contribution is 2.24. The molecule has 1 aromatic heterocycles. The van der Waals surface area contributed by atoms with E-state index in [1.165, 1.54) is 18.3 Å². The number of nitrogens with one attached hydrogen (secondary N) is 1. The molecule has 1 aromatic rings. The van der Waals surface area contributed by atoms with Gasteiger partial charge in [0, 0.05) is 44.5 Å². The van der Waals surface area contributed by atoms with Crippen LogP contribution in [-0.4, -0.2) is 52.8 Å². The maximum absolute atomic E-state index is 12.4. The molecule has 0 atom stereocenters. The van der Waals surface area contributed by atoms with Crippen molar-refractivity contribution < 1.29 is 9.59 Å².